The Hall–Kier alpha value is -3.82. The quantitative estimate of drug-likeness (QED) is 0.324. The molecule has 33 heavy (non-hydrogen) atoms. The van der Waals surface area contributed by atoms with Crippen molar-refractivity contribution < 1.29 is 4.79 Å². The van der Waals surface area contributed by atoms with E-state index in [1.807, 2.05) is 60.7 Å². The van der Waals surface area contributed by atoms with Gasteiger partial charge in [-0.25, -0.2) is 4.68 Å². The second-order valence-corrected chi connectivity index (χ2v) is 8.72. The Morgan fingerprint density at radius 1 is 1.00 bits per heavy atom. The normalized spacial score (nSPS) is 10.8. The van der Waals surface area contributed by atoms with Crippen molar-refractivity contribution in [3.63, 3.8) is 0 Å². The minimum Gasteiger partial charge on any atom is -0.296 e. The molecular formula is C24H18N6OS2. The predicted molar refractivity (Wildman–Crippen MR) is 131 cm³/mol. The molecule has 0 aliphatic carbocycles. The molecular weight excluding hydrogens is 452 g/mol. The van der Waals surface area contributed by atoms with Crippen LogP contribution in [-0.2, 0) is 5.75 Å². The first-order valence-electron chi connectivity index (χ1n) is 10.1. The van der Waals surface area contributed by atoms with E-state index in [4.69, 9.17) is 0 Å². The van der Waals surface area contributed by atoms with Crippen LogP contribution in [0.15, 0.2) is 96.5 Å². The molecule has 2 aromatic carbocycles. The summed E-state index contributed by atoms with van der Waals surface area (Å²) in [6.45, 7) is 0. The minimum absolute atomic E-state index is 0.299. The molecule has 0 unspecified atom stereocenters. The van der Waals surface area contributed by atoms with Gasteiger partial charge in [-0.05, 0) is 29.8 Å². The molecule has 1 N–H and O–H groups in total. The van der Waals surface area contributed by atoms with E-state index in [2.05, 4.69) is 36.9 Å². The smallest absolute Gasteiger partial charge is 0.261 e. The summed E-state index contributed by atoms with van der Waals surface area (Å²) in [7, 11) is 0. The van der Waals surface area contributed by atoms with Crippen molar-refractivity contribution in [2.75, 3.05) is 5.32 Å². The van der Waals surface area contributed by atoms with E-state index in [1.165, 1.54) is 17.3 Å². The second-order valence-electron chi connectivity index (χ2n) is 7.02. The molecule has 0 saturated carbocycles. The molecule has 3 heterocycles. The summed E-state index contributed by atoms with van der Waals surface area (Å²) in [5.74, 6) is 0.465. The molecule has 0 spiro atoms. The van der Waals surface area contributed by atoms with Gasteiger partial charge < -0.3 is 0 Å². The van der Waals surface area contributed by atoms with Gasteiger partial charge in [0.1, 0.15) is 5.69 Å². The first-order valence-corrected chi connectivity index (χ1v) is 11.9. The third kappa shape index (κ3) is 5.00. The summed E-state index contributed by atoms with van der Waals surface area (Å²) in [4.78, 5) is 21.8. The summed E-state index contributed by atoms with van der Waals surface area (Å²) >= 11 is 2.69. The summed E-state index contributed by atoms with van der Waals surface area (Å²) < 4.78 is 6.05. The Morgan fingerprint density at radius 3 is 2.55 bits per heavy atom. The van der Waals surface area contributed by atoms with Crippen molar-refractivity contribution in [2.24, 2.45) is 0 Å². The highest BCUT2D eigenvalue weighted by Gasteiger charge is 2.20. The van der Waals surface area contributed by atoms with Crippen LogP contribution in [0.2, 0.25) is 0 Å². The van der Waals surface area contributed by atoms with Gasteiger partial charge >= 0.3 is 0 Å². The average Bonchev–Trinajstić information content (AvgIpc) is 3.52. The summed E-state index contributed by atoms with van der Waals surface area (Å²) in [5, 5.41) is 8.61. The van der Waals surface area contributed by atoms with Crippen LogP contribution >= 0.6 is 23.3 Å². The lowest BCUT2D eigenvalue weighted by atomic mass is 10.1. The van der Waals surface area contributed by atoms with E-state index in [9.17, 15) is 4.79 Å². The minimum atomic E-state index is -0.299. The highest BCUT2D eigenvalue weighted by Crippen LogP contribution is 2.26. The summed E-state index contributed by atoms with van der Waals surface area (Å²) in [5.41, 5.74) is 3.79. The van der Waals surface area contributed by atoms with Crippen molar-refractivity contribution in [3.05, 3.63) is 103 Å². The fourth-order valence-electron chi connectivity index (χ4n) is 3.18. The number of nitrogens with one attached hydrogen (secondary N) is 1. The Balaban J connectivity index is 1.37. The van der Waals surface area contributed by atoms with Crippen molar-refractivity contribution >= 4 is 34.3 Å². The van der Waals surface area contributed by atoms with Gasteiger partial charge in [-0.15, -0.1) is 0 Å². The SMILES string of the molecule is O=C(Nc1nc(SCc2ccccc2)ns1)c1cn(-c2ccccc2)nc1-c1cccnc1. The first-order chi connectivity index (χ1) is 16.3. The second kappa shape index (κ2) is 9.76. The molecule has 9 heteroatoms. The molecule has 5 rings (SSSR count). The van der Waals surface area contributed by atoms with Crippen LogP contribution in [0.1, 0.15) is 15.9 Å². The molecule has 3 aromatic heterocycles. The third-order valence-electron chi connectivity index (χ3n) is 4.75. The van der Waals surface area contributed by atoms with Crippen LogP contribution in [0, 0.1) is 0 Å². The van der Waals surface area contributed by atoms with Gasteiger partial charge in [0.05, 0.1) is 11.3 Å². The van der Waals surface area contributed by atoms with Crippen molar-refractivity contribution in [1.82, 2.24) is 24.1 Å². The molecule has 0 fully saturated rings. The molecule has 0 bridgehead atoms. The predicted octanol–water partition coefficient (Wildman–Crippen LogP) is 5.33. The maximum Gasteiger partial charge on any atom is 0.261 e. The number of carbonyl (C=O) groups is 1. The summed E-state index contributed by atoms with van der Waals surface area (Å²) in [6.07, 6.45) is 5.10. The maximum absolute atomic E-state index is 13.2. The number of nitrogens with zero attached hydrogens (tertiary/aromatic N) is 5. The van der Waals surface area contributed by atoms with E-state index in [0.29, 0.717) is 21.5 Å². The average molecular weight is 471 g/mol. The van der Waals surface area contributed by atoms with Gasteiger partial charge in [0.2, 0.25) is 10.3 Å². The fraction of sp³-hybridized carbons (Fsp3) is 0.0417. The number of carbonyl (C=O) groups excluding carboxylic acids is 1. The summed E-state index contributed by atoms with van der Waals surface area (Å²) in [6, 6.07) is 23.5. The molecule has 162 valence electrons. The number of amides is 1. The zero-order chi connectivity index (χ0) is 22.5. The van der Waals surface area contributed by atoms with Gasteiger partial charge in [0, 0.05) is 41.4 Å². The highest BCUT2D eigenvalue weighted by atomic mass is 32.2. The molecule has 0 aliphatic rings. The molecule has 1 amide bonds. The zero-order valence-corrected chi connectivity index (χ0v) is 19.0. The van der Waals surface area contributed by atoms with Crippen LogP contribution in [0.3, 0.4) is 0 Å². The number of hydrogen-bond acceptors (Lipinski definition) is 7. The van der Waals surface area contributed by atoms with Crippen LogP contribution in [0.5, 0.6) is 0 Å². The van der Waals surface area contributed by atoms with Crippen molar-refractivity contribution in [3.8, 4) is 16.9 Å². The lowest BCUT2D eigenvalue weighted by Gasteiger charge is -2.02. The van der Waals surface area contributed by atoms with Gasteiger partial charge in [-0.1, -0.05) is 60.3 Å². The maximum atomic E-state index is 13.2. The monoisotopic (exact) mass is 470 g/mol. The van der Waals surface area contributed by atoms with E-state index in [0.717, 1.165) is 28.5 Å². The standard InChI is InChI=1S/C24H18N6OS2/c31-22(26-23-27-24(29-33-23)32-16-17-8-3-1-4-9-17)20-15-30(19-11-5-2-6-12-19)28-21(20)18-10-7-13-25-14-18/h1-15H,16H2,(H,26,27,29,31). The van der Waals surface area contributed by atoms with Crippen molar-refractivity contribution in [2.45, 2.75) is 10.9 Å². The molecule has 7 nitrogen and oxygen atoms in total. The number of anilines is 1. The highest BCUT2D eigenvalue weighted by molar-refractivity contribution is 7.98. The third-order valence-corrected chi connectivity index (χ3v) is 6.42. The Morgan fingerprint density at radius 2 is 1.79 bits per heavy atom. The lowest BCUT2D eigenvalue weighted by molar-refractivity contribution is 0.102. The van der Waals surface area contributed by atoms with Gasteiger partial charge in [-0.3, -0.25) is 15.1 Å². The number of hydrogen-bond donors (Lipinski definition) is 1. The number of benzene rings is 2. The van der Waals surface area contributed by atoms with E-state index < -0.39 is 0 Å². The van der Waals surface area contributed by atoms with Gasteiger partial charge in [0.15, 0.2) is 0 Å². The topological polar surface area (TPSA) is 85.6 Å². The number of rotatable bonds is 7. The fourth-order valence-corrected chi connectivity index (χ4v) is 4.67. The number of aromatic nitrogens is 5. The van der Waals surface area contributed by atoms with E-state index >= 15 is 0 Å². The molecule has 0 saturated heterocycles. The Labute approximate surface area is 198 Å². The number of pyridine rings is 1. The molecule has 5 aromatic rings. The van der Waals surface area contributed by atoms with Crippen LogP contribution in [0.25, 0.3) is 16.9 Å². The Bertz CT molecular complexity index is 1350. The van der Waals surface area contributed by atoms with Crippen LogP contribution in [0.4, 0.5) is 5.13 Å². The van der Waals surface area contributed by atoms with E-state index in [-0.39, 0.29) is 5.91 Å². The zero-order valence-electron chi connectivity index (χ0n) is 17.3. The van der Waals surface area contributed by atoms with Gasteiger partial charge in [-0.2, -0.15) is 14.5 Å². The molecule has 0 atom stereocenters. The van der Waals surface area contributed by atoms with Crippen LogP contribution in [-0.4, -0.2) is 30.0 Å². The number of para-hydroxylation sites is 1. The largest absolute Gasteiger partial charge is 0.296 e. The lowest BCUT2D eigenvalue weighted by Crippen LogP contribution is -2.12. The molecule has 0 aliphatic heterocycles. The Kier molecular flexibility index (Phi) is 6.23. The van der Waals surface area contributed by atoms with Gasteiger partial charge in [0.25, 0.3) is 5.91 Å². The number of thioether (sulfide) groups is 1. The van der Waals surface area contributed by atoms with E-state index in [1.54, 1.807) is 23.3 Å². The van der Waals surface area contributed by atoms with Crippen molar-refractivity contribution in [1.29, 1.82) is 0 Å². The molecule has 0 radical (unpaired) electrons. The van der Waals surface area contributed by atoms with Crippen LogP contribution < -0.4 is 5.32 Å². The first kappa shape index (κ1) is 21.0.